The standard InChI is InChI=1S/C39H30S/c1-25-13-4-6-16-27(25)38-31-19-8-9-20-32(31)39(30-21-12-15-26-14-5-7-17-28(26)30)35-24-37-33(23-34(35)38)29-18-10-11-22-36(29)40(37,2)3/h4-24H,1-3H3. The van der Waals surface area contributed by atoms with Crippen LogP contribution in [0.1, 0.15) is 5.56 Å². The minimum Gasteiger partial charge on any atom is -0.192 e. The van der Waals surface area contributed by atoms with Gasteiger partial charge < -0.3 is 0 Å². The molecule has 0 aliphatic carbocycles. The molecule has 0 bridgehead atoms. The topological polar surface area (TPSA) is 0 Å². The molecule has 0 saturated heterocycles. The number of rotatable bonds is 2. The summed E-state index contributed by atoms with van der Waals surface area (Å²) in [6.45, 7) is 2.24. The summed E-state index contributed by atoms with van der Waals surface area (Å²) < 4.78 is 0. The van der Waals surface area contributed by atoms with Crippen LogP contribution in [0.15, 0.2) is 137 Å². The van der Waals surface area contributed by atoms with Crippen LogP contribution < -0.4 is 0 Å². The third-order valence-corrected chi connectivity index (χ3v) is 11.8. The van der Waals surface area contributed by atoms with Gasteiger partial charge in [-0.3, -0.25) is 0 Å². The maximum atomic E-state index is 2.56. The summed E-state index contributed by atoms with van der Waals surface area (Å²) in [4.78, 5) is 2.99. The van der Waals surface area contributed by atoms with Gasteiger partial charge in [0.15, 0.2) is 0 Å². The van der Waals surface area contributed by atoms with E-state index in [0.717, 1.165) is 0 Å². The molecule has 8 rings (SSSR count). The molecule has 0 atom stereocenters. The molecule has 0 radical (unpaired) electrons. The highest BCUT2D eigenvalue weighted by Crippen LogP contribution is 2.68. The average molecular weight is 531 g/mol. The first-order valence-electron chi connectivity index (χ1n) is 13.9. The third kappa shape index (κ3) is 3.22. The van der Waals surface area contributed by atoms with Crippen molar-refractivity contribution in [3.8, 4) is 33.4 Å². The Bertz CT molecular complexity index is 2140. The second-order valence-corrected chi connectivity index (χ2v) is 14.9. The number of benzene rings is 7. The Balaban J connectivity index is 1.63. The Morgan fingerprint density at radius 2 is 0.950 bits per heavy atom. The first-order valence-corrected chi connectivity index (χ1v) is 16.4. The van der Waals surface area contributed by atoms with Crippen LogP contribution in [0.3, 0.4) is 0 Å². The summed E-state index contributed by atoms with van der Waals surface area (Å²) in [5.74, 6) is 0. The quantitative estimate of drug-likeness (QED) is 0.195. The van der Waals surface area contributed by atoms with E-state index in [0.29, 0.717) is 0 Å². The van der Waals surface area contributed by atoms with Crippen LogP contribution in [0.25, 0.3) is 65.7 Å². The maximum absolute atomic E-state index is 2.56. The fourth-order valence-corrected chi connectivity index (χ4v) is 9.48. The van der Waals surface area contributed by atoms with Crippen LogP contribution >= 0.6 is 10.0 Å². The number of fused-ring (bicyclic) bond motifs is 6. The zero-order valence-electron chi connectivity index (χ0n) is 23.0. The molecule has 7 aromatic rings. The lowest BCUT2D eigenvalue weighted by molar-refractivity contribution is 1.46. The fourth-order valence-electron chi connectivity index (χ4n) is 6.97. The normalized spacial score (nSPS) is 14.4. The fraction of sp³-hybridized carbons (Fsp3) is 0.0769. The molecule has 1 heterocycles. The molecule has 0 N–H and O–H groups in total. The Labute approximate surface area is 237 Å². The highest BCUT2D eigenvalue weighted by molar-refractivity contribution is 8.33. The van der Waals surface area contributed by atoms with Crippen molar-refractivity contribution in [2.45, 2.75) is 16.7 Å². The Hall–Kier alpha value is -4.33. The van der Waals surface area contributed by atoms with Crippen molar-refractivity contribution in [3.63, 3.8) is 0 Å². The second-order valence-electron chi connectivity index (χ2n) is 11.4. The van der Waals surface area contributed by atoms with E-state index in [1.54, 1.807) is 0 Å². The van der Waals surface area contributed by atoms with E-state index in [-0.39, 0.29) is 0 Å². The van der Waals surface area contributed by atoms with Crippen molar-refractivity contribution in [2.75, 3.05) is 12.5 Å². The highest BCUT2D eigenvalue weighted by Gasteiger charge is 2.33. The van der Waals surface area contributed by atoms with Gasteiger partial charge in [0.25, 0.3) is 0 Å². The number of aryl methyl sites for hydroxylation is 1. The van der Waals surface area contributed by atoms with E-state index in [1.807, 2.05) is 0 Å². The van der Waals surface area contributed by atoms with Crippen molar-refractivity contribution in [3.05, 3.63) is 133 Å². The molecule has 1 aliphatic rings. The molecule has 0 amide bonds. The lowest BCUT2D eigenvalue weighted by atomic mass is 9.83. The minimum atomic E-state index is -1.14. The van der Waals surface area contributed by atoms with E-state index < -0.39 is 10.0 Å². The maximum Gasteiger partial charge on any atom is 0.00219 e. The summed E-state index contributed by atoms with van der Waals surface area (Å²) in [5, 5.41) is 7.88. The van der Waals surface area contributed by atoms with Crippen LogP contribution in [0.4, 0.5) is 0 Å². The monoisotopic (exact) mass is 530 g/mol. The van der Waals surface area contributed by atoms with Gasteiger partial charge in [0.05, 0.1) is 0 Å². The van der Waals surface area contributed by atoms with Gasteiger partial charge in [0, 0.05) is 9.79 Å². The minimum absolute atomic E-state index is 1.14. The summed E-state index contributed by atoms with van der Waals surface area (Å²) in [6, 6.07) is 47.6. The Morgan fingerprint density at radius 1 is 0.400 bits per heavy atom. The zero-order chi connectivity index (χ0) is 27.0. The lowest BCUT2D eigenvalue weighted by Gasteiger charge is -2.29. The second kappa shape index (κ2) is 8.58. The summed E-state index contributed by atoms with van der Waals surface area (Å²) >= 11 is 0. The molecule has 0 spiro atoms. The van der Waals surface area contributed by atoms with E-state index >= 15 is 0 Å². The zero-order valence-corrected chi connectivity index (χ0v) is 23.8. The SMILES string of the molecule is Cc1ccccc1-c1c2ccccc2c(-c2cccc3ccccc23)c2cc3c(cc12)-c1ccccc1S3(C)C. The van der Waals surface area contributed by atoms with Crippen molar-refractivity contribution >= 4 is 42.3 Å². The van der Waals surface area contributed by atoms with Gasteiger partial charge in [-0.25, -0.2) is 0 Å². The predicted octanol–water partition coefficient (Wildman–Crippen LogP) is 11.3. The molecule has 40 heavy (non-hydrogen) atoms. The Kier molecular flexibility index (Phi) is 5.05. The van der Waals surface area contributed by atoms with Crippen molar-refractivity contribution in [2.24, 2.45) is 0 Å². The van der Waals surface area contributed by atoms with Crippen LogP contribution in [0.2, 0.25) is 0 Å². The van der Waals surface area contributed by atoms with Crippen LogP contribution in [0.5, 0.6) is 0 Å². The van der Waals surface area contributed by atoms with Crippen LogP contribution in [0, 0.1) is 6.92 Å². The largest absolute Gasteiger partial charge is 0.192 e. The van der Waals surface area contributed by atoms with Gasteiger partial charge in [-0.2, -0.15) is 10.0 Å². The summed E-state index contributed by atoms with van der Waals surface area (Å²) in [6.07, 6.45) is 4.93. The van der Waals surface area contributed by atoms with E-state index in [4.69, 9.17) is 0 Å². The highest BCUT2D eigenvalue weighted by atomic mass is 32.3. The number of hydrogen-bond acceptors (Lipinski definition) is 0. The van der Waals surface area contributed by atoms with Crippen molar-refractivity contribution in [1.82, 2.24) is 0 Å². The van der Waals surface area contributed by atoms with Gasteiger partial charge >= 0.3 is 0 Å². The molecule has 0 saturated carbocycles. The molecule has 0 aromatic heterocycles. The smallest absolute Gasteiger partial charge is 0.00219 e. The molecular formula is C39H30S. The molecule has 1 aliphatic heterocycles. The van der Waals surface area contributed by atoms with E-state index in [2.05, 4.69) is 147 Å². The van der Waals surface area contributed by atoms with Gasteiger partial charge in [0.1, 0.15) is 0 Å². The van der Waals surface area contributed by atoms with Gasteiger partial charge in [-0.15, -0.1) is 0 Å². The first kappa shape index (κ1) is 23.5. The van der Waals surface area contributed by atoms with Crippen molar-refractivity contribution < 1.29 is 0 Å². The molecule has 0 fully saturated rings. The average Bonchev–Trinajstić information content (AvgIpc) is 3.21. The lowest BCUT2D eigenvalue weighted by Crippen LogP contribution is -1.96. The van der Waals surface area contributed by atoms with Gasteiger partial charge in [-0.1, -0.05) is 109 Å². The number of hydrogen-bond donors (Lipinski definition) is 0. The molecule has 0 unspecified atom stereocenters. The van der Waals surface area contributed by atoms with Gasteiger partial charge in [0.2, 0.25) is 0 Å². The third-order valence-electron chi connectivity index (χ3n) is 8.87. The van der Waals surface area contributed by atoms with Crippen molar-refractivity contribution in [1.29, 1.82) is 0 Å². The summed E-state index contributed by atoms with van der Waals surface area (Å²) in [5.41, 5.74) is 9.40. The Morgan fingerprint density at radius 3 is 1.73 bits per heavy atom. The van der Waals surface area contributed by atoms with E-state index in [1.165, 1.54) is 81.1 Å². The predicted molar refractivity (Wildman–Crippen MR) is 176 cm³/mol. The molecule has 7 aromatic carbocycles. The van der Waals surface area contributed by atoms with E-state index in [9.17, 15) is 0 Å². The van der Waals surface area contributed by atoms with Gasteiger partial charge in [-0.05, 0) is 109 Å². The molecular weight excluding hydrogens is 500 g/mol. The molecule has 0 nitrogen and oxygen atoms in total. The van der Waals surface area contributed by atoms with Crippen LogP contribution in [-0.2, 0) is 0 Å². The molecule has 192 valence electrons. The molecule has 1 heteroatoms. The summed E-state index contributed by atoms with van der Waals surface area (Å²) in [7, 11) is -1.14. The first-order chi connectivity index (χ1) is 19.5. The van der Waals surface area contributed by atoms with Crippen LogP contribution in [-0.4, -0.2) is 12.5 Å².